The standard InChI is InChI=1S/C12H15N3O6/c1-3-21-11(20)7-5-13-12(14-6(7)2)15-8(10(18)19)4-9(16)17/h5,8H,3-4H2,1-2H3,(H,16,17)(H,18,19)(H,13,14,15). The predicted octanol–water partition coefficient (Wildman–Crippen LogP) is 0.302. The number of carbonyl (C=O) groups excluding carboxylic acids is 1. The molecule has 1 atom stereocenters. The fraction of sp³-hybridized carbons (Fsp3) is 0.417. The fourth-order valence-electron chi connectivity index (χ4n) is 1.48. The third-order valence-electron chi connectivity index (χ3n) is 2.45. The summed E-state index contributed by atoms with van der Waals surface area (Å²) in [5.41, 5.74) is 0.456. The van der Waals surface area contributed by atoms with Crippen molar-refractivity contribution in [1.29, 1.82) is 0 Å². The molecule has 1 aromatic rings. The molecule has 1 heterocycles. The van der Waals surface area contributed by atoms with Crippen molar-refractivity contribution >= 4 is 23.9 Å². The van der Waals surface area contributed by atoms with Gasteiger partial charge in [-0.2, -0.15) is 0 Å². The maximum Gasteiger partial charge on any atom is 0.341 e. The monoisotopic (exact) mass is 297 g/mol. The van der Waals surface area contributed by atoms with Gasteiger partial charge in [0, 0.05) is 6.20 Å². The Morgan fingerprint density at radius 3 is 2.52 bits per heavy atom. The lowest BCUT2D eigenvalue weighted by Gasteiger charge is -2.13. The lowest BCUT2D eigenvalue weighted by Crippen LogP contribution is -2.32. The number of hydrogen-bond donors (Lipinski definition) is 3. The highest BCUT2D eigenvalue weighted by atomic mass is 16.5. The van der Waals surface area contributed by atoms with Gasteiger partial charge in [-0.3, -0.25) is 4.79 Å². The summed E-state index contributed by atoms with van der Waals surface area (Å²) in [5, 5.41) is 19.9. The van der Waals surface area contributed by atoms with Crippen LogP contribution < -0.4 is 5.32 Å². The molecule has 0 saturated carbocycles. The Bertz CT molecular complexity index is 560. The molecular weight excluding hydrogens is 282 g/mol. The van der Waals surface area contributed by atoms with Gasteiger partial charge in [-0.05, 0) is 13.8 Å². The number of anilines is 1. The van der Waals surface area contributed by atoms with Crippen molar-refractivity contribution in [3.8, 4) is 0 Å². The van der Waals surface area contributed by atoms with Gasteiger partial charge < -0.3 is 20.3 Å². The Kier molecular flexibility index (Phi) is 5.58. The zero-order valence-electron chi connectivity index (χ0n) is 11.5. The Hall–Kier alpha value is -2.71. The van der Waals surface area contributed by atoms with Crippen LogP contribution in [0.25, 0.3) is 0 Å². The molecule has 114 valence electrons. The van der Waals surface area contributed by atoms with Gasteiger partial charge in [-0.25, -0.2) is 19.6 Å². The zero-order chi connectivity index (χ0) is 16.0. The number of carboxylic acids is 2. The van der Waals surface area contributed by atoms with Crippen LogP contribution in [-0.4, -0.2) is 50.7 Å². The molecule has 0 aliphatic carbocycles. The average molecular weight is 297 g/mol. The molecule has 0 fully saturated rings. The van der Waals surface area contributed by atoms with Gasteiger partial charge in [0.2, 0.25) is 5.95 Å². The minimum atomic E-state index is -1.37. The van der Waals surface area contributed by atoms with E-state index >= 15 is 0 Å². The highest BCUT2D eigenvalue weighted by Crippen LogP contribution is 2.10. The third-order valence-corrected chi connectivity index (χ3v) is 2.45. The van der Waals surface area contributed by atoms with Crippen LogP contribution in [-0.2, 0) is 14.3 Å². The van der Waals surface area contributed by atoms with E-state index in [0.717, 1.165) is 0 Å². The summed E-state index contributed by atoms with van der Waals surface area (Å²) in [5.74, 6) is -3.26. The van der Waals surface area contributed by atoms with Crippen LogP contribution in [0.3, 0.4) is 0 Å². The molecule has 0 aliphatic rings. The minimum absolute atomic E-state index is 0.0748. The van der Waals surface area contributed by atoms with Gasteiger partial charge in [0.05, 0.1) is 24.3 Å². The molecule has 0 aromatic carbocycles. The van der Waals surface area contributed by atoms with Crippen molar-refractivity contribution < 1.29 is 29.3 Å². The van der Waals surface area contributed by atoms with Gasteiger partial charge >= 0.3 is 17.9 Å². The smallest absolute Gasteiger partial charge is 0.341 e. The van der Waals surface area contributed by atoms with E-state index in [-0.39, 0.29) is 18.1 Å². The van der Waals surface area contributed by atoms with Crippen LogP contribution in [0, 0.1) is 6.92 Å². The lowest BCUT2D eigenvalue weighted by molar-refractivity contribution is -0.144. The molecule has 1 unspecified atom stereocenters. The summed E-state index contributed by atoms with van der Waals surface area (Å²) in [7, 11) is 0. The molecule has 9 nitrogen and oxygen atoms in total. The maximum absolute atomic E-state index is 11.6. The Morgan fingerprint density at radius 2 is 2.05 bits per heavy atom. The van der Waals surface area contributed by atoms with E-state index in [4.69, 9.17) is 14.9 Å². The Labute approximate surface area is 120 Å². The Morgan fingerprint density at radius 1 is 1.38 bits per heavy atom. The molecule has 0 spiro atoms. The number of hydrogen-bond acceptors (Lipinski definition) is 7. The number of ether oxygens (including phenoxy) is 1. The van der Waals surface area contributed by atoms with Gasteiger partial charge in [-0.1, -0.05) is 0 Å². The summed E-state index contributed by atoms with van der Waals surface area (Å²) in [6.07, 6.45) is 0.569. The first kappa shape index (κ1) is 16.3. The van der Waals surface area contributed by atoms with Crippen molar-refractivity contribution in [3.63, 3.8) is 0 Å². The van der Waals surface area contributed by atoms with Crippen LogP contribution in [0.4, 0.5) is 5.95 Å². The molecule has 1 aromatic heterocycles. The van der Waals surface area contributed by atoms with E-state index in [0.29, 0.717) is 5.69 Å². The van der Waals surface area contributed by atoms with E-state index in [9.17, 15) is 14.4 Å². The number of aromatic nitrogens is 2. The van der Waals surface area contributed by atoms with E-state index < -0.39 is 30.4 Å². The second-order valence-corrected chi connectivity index (χ2v) is 4.05. The van der Waals surface area contributed by atoms with Crippen molar-refractivity contribution in [2.75, 3.05) is 11.9 Å². The van der Waals surface area contributed by atoms with Gasteiger partial charge in [0.15, 0.2) is 0 Å². The van der Waals surface area contributed by atoms with Crippen molar-refractivity contribution in [1.82, 2.24) is 9.97 Å². The molecular formula is C12H15N3O6. The minimum Gasteiger partial charge on any atom is -0.481 e. The number of carbonyl (C=O) groups is 3. The molecule has 1 rings (SSSR count). The molecule has 3 N–H and O–H groups in total. The quantitative estimate of drug-likeness (QED) is 0.606. The largest absolute Gasteiger partial charge is 0.481 e. The number of rotatable bonds is 7. The molecule has 0 amide bonds. The van der Waals surface area contributed by atoms with Crippen LogP contribution >= 0.6 is 0 Å². The molecule has 0 saturated heterocycles. The highest BCUT2D eigenvalue weighted by Gasteiger charge is 2.22. The average Bonchev–Trinajstić information content (AvgIpc) is 2.37. The summed E-state index contributed by atoms with van der Waals surface area (Å²) in [4.78, 5) is 40.8. The first-order chi connectivity index (χ1) is 9.85. The van der Waals surface area contributed by atoms with Crippen LogP contribution in [0.15, 0.2) is 6.20 Å². The number of nitrogens with zero attached hydrogens (tertiary/aromatic N) is 2. The van der Waals surface area contributed by atoms with Crippen molar-refractivity contribution in [2.24, 2.45) is 0 Å². The summed E-state index contributed by atoms with van der Waals surface area (Å²) in [6, 6.07) is -1.37. The molecule has 9 heteroatoms. The van der Waals surface area contributed by atoms with E-state index in [1.807, 2.05) is 0 Å². The van der Waals surface area contributed by atoms with Gasteiger partial charge in [0.1, 0.15) is 6.04 Å². The molecule has 0 radical (unpaired) electrons. The maximum atomic E-state index is 11.6. The Balaban J connectivity index is 2.90. The molecule has 0 bridgehead atoms. The van der Waals surface area contributed by atoms with Crippen molar-refractivity contribution in [3.05, 3.63) is 17.5 Å². The van der Waals surface area contributed by atoms with E-state index in [1.54, 1.807) is 6.92 Å². The van der Waals surface area contributed by atoms with Crippen LogP contribution in [0.2, 0.25) is 0 Å². The molecule has 21 heavy (non-hydrogen) atoms. The zero-order valence-corrected chi connectivity index (χ0v) is 11.5. The first-order valence-electron chi connectivity index (χ1n) is 6.07. The molecule has 0 aliphatic heterocycles. The summed E-state index contributed by atoms with van der Waals surface area (Å²) >= 11 is 0. The summed E-state index contributed by atoms with van der Waals surface area (Å²) < 4.78 is 4.81. The third kappa shape index (κ3) is 4.71. The number of esters is 1. The number of aliphatic carboxylic acids is 2. The van der Waals surface area contributed by atoms with Gasteiger partial charge in [0.25, 0.3) is 0 Å². The topological polar surface area (TPSA) is 139 Å². The van der Waals surface area contributed by atoms with Gasteiger partial charge in [-0.15, -0.1) is 0 Å². The number of aryl methyl sites for hydroxylation is 1. The SMILES string of the molecule is CCOC(=O)c1cnc(NC(CC(=O)O)C(=O)O)nc1C. The van der Waals surface area contributed by atoms with E-state index in [2.05, 4.69) is 15.3 Å². The summed E-state index contributed by atoms with van der Waals surface area (Å²) in [6.45, 7) is 3.40. The second kappa shape index (κ2) is 7.17. The predicted molar refractivity (Wildman–Crippen MR) is 70.0 cm³/mol. The second-order valence-electron chi connectivity index (χ2n) is 4.05. The first-order valence-corrected chi connectivity index (χ1v) is 6.07. The van der Waals surface area contributed by atoms with Crippen LogP contribution in [0.5, 0.6) is 0 Å². The fourth-order valence-corrected chi connectivity index (χ4v) is 1.48. The highest BCUT2D eigenvalue weighted by molar-refractivity contribution is 5.90. The van der Waals surface area contributed by atoms with Crippen LogP contribution in [0.1, 0.15) is 29.4 Å². The lowest BCUT2D eigenvalue weighted by atomic mass is 10.2. The number of nitrogens with one attached hydrogen (secondary N) is 1. The van der Waals surface area contributed by atoms with E-state index in [1.165, 1.54) is 13.1 Å². The van der Waals surface area contributed by atoms with Crippen molar-refractivity contribution in [2.45, 2.75) is 26.3 Å². The normalized spacial score (nSPS) is 11.5. The number of carboxylic acid groups (broad SMARTS) is 2.